The van der Waals surface area contributed by atoms with E-state index in [1.54, 1.807) is 0 Å². The molecule has 0 radical (unpaired) electrons. The second kappa shape index (κ2) is 5.31. The summed E-state index contributed by atoms with van der Waals surface area (Å²) in [6.07, 6.45) is 2.25. The first-order valence-corrected chi connectivity index (χ1v) is 6.84. The predicted octanol–water partition coefficient (Wildman–Crippen LogP) is 3.15. The van der Waals surface area contributed by atoms with Gasteiger partial charge in [0.15, 0.2) is 0 Å². The Hall–Kier alpha value is -2.03. The van der Waals surface area contributed by atoms with Gasteiger partial charge in [0.1, 0.15) is 0 Å². The number of hydrogen-bond acceptors (Lipinski definition) is 1. The smallest absolute Gasteiger partial charge is 0.317 e. The van der Waals surface area contributed by atoms with Crippen LogP contribution < -0.4 is 5.32 Å². The van der Waals surface area contributed by atoms with E-state index in [1.165, 1.54) is 16.3 Å². The third-order valence-corrected chi connectivity index (χ3v) is 3.70. The maximum Gasteiger partial charge on any atom is 0.317 e. The lowest BCUT2D eigenvalue weighted by atomic mass is 10.0. The molecule has 1 fully saturated rings. The van der Waals surface area contributed by atoms with Gasteiger partial charge in [-0.1, -0.05) is 42.5 Å². The third-order valence-electron chi connectivity index (χ3n) is 3.70. The Labute approximate surface area is 113 Å². The number of likely N-dealkylation sites (tertiary alicyclic amines) is 1. The van der Waals surface area contributed by atoms with Gasteiger partial charge in [-0.3, -0.25) is 0 Å². The second-order valence-corrected chi connectivity index (χ2v) is 4.99. The molecule has 2 aromatic rings. The molecule has 0 atom stereocenters. The number of carbonyl (C=O) groups is 1. The Balaban J connectivity index is 1.73. The fourth-order valence-corrected chi connectivity index (χ4v) is 2.65. The van der Waals surface area contributed by atoms with Crippen molar-refractivity contribution in [3.05, 3.63) is 48.0 Å². The first-order chi connectivity index (χ1) is 9.34. The van der Waals surface area contributed by atoms with E-state index in [1.807, 2.05) is 23.1 Å². The minimum Gasteiger partial charge on any atom is -0.334 e. The highest BCUT2D eigenvalue weighted by molar-refractivity contribution is 5.86. The number of amides is 2. The van der Waals surface area contributed by atoms with Crippen molar-refractivity contribution in [3.63, 3.8) is 0 Å². The Kier molecular flexibility index (Phi) is 3.36. The van der Waals surface area contributed by atoms with Crippen LogP contribution >= 0.6 is 0 Å². The molecule has 0 saturated carbocycles. The fraction of sp³-hybridized carbons (Fsp3) is 0.312. The second-order valence-electron chi connectivity index (χ2n) is 4.99. The quantitative estimate of drug-likeness (QED) is 0.877. The fourth-order valence-electron chi connectivity index (χ4n) is 2.65. The number of urea groups is 1. The predicted molar refractivity (Wildman–Crippen MR) is 77.0 cm³/mol. The number of rotatable bonds is 2. The number of fused-ring (bicyclic) bond motifs is 1. The molecule has 1 aliphatic heterocycles. The molecule has 19 heavy (non-hydrogen) atoms. The average Bonchev–Trinajstić information content (AvgIpc) is 2.99. The lowest BCUT2D eigenvalue weighted by molar-refractivity contribution is 0.208. The molecule has 1 saturated heterocycles. The van der Waals surface area contributed by atoms with Gasteiger partial charge in [-0.05, 0) is 29.2 Å². The topological polar surface area (TPSA) is 32.3 Å². The van der Waals surface area contributed by atoms with Crippen molar-refractivity contribution in [2.75, 3.05) is 13.1 Å². The summed E-state index contributed by atoms with van der Waals surface area (Å²) < 4.78 is 0. The van der Waals surface area contributed by atoms with Gasteiger partial charge < -0.3 is 10.2 Å². The van der Waals surface area contributed by atoms with Crippen LogP contribution in [0, 0.1) is 0 Å². The highest BCUT2D eigenvalue weighted by Crippen LogP contribution is 2.18. The highest BCUT2D eigenvalue weighted by Gasteiger charge is 2.17. The number of nitrogens with zero attached hydrogens (tertiary/aromatic N) is 1. The highest BCUT2D eigenvalue weighted by atomic mass is 16.2. The molecule has 3 heteroatoms. The Morgan fingerprint density at radius 3 is 2.63 bits per heavy atom. The molecule has 0 bridgehead atoms. The minimum atomic E-state index is 0.0606. The van der Waals surface area contributed by atoms with Crippen LogP contribution in [0.25, 0.3) is 10.8 Å². The zero-order chi connectivity index (χ0) is 13.1. The normalized spacial score (nSPS) is 14.8. The Morgan fingerprint density at radius 2 is 1.79 bits per heavy atom. The zero-order valence-electron chi connectivity index (χ0n) is 10.9. The third kappa shape index (κ3) is 2.55. The van der Waals surface area contributed by atoms with Crippen molar-refractivity contribution in [3.8, 4) is 0 Å². The summed E-state index contributed by atoms with van der Waals surface area (Å²) in [5.41, 5.74) is 1.17. The van der Waals surface area contributed by atoms with Gasteiger partial charge in [0.05, 0.1) is 0 Å². The largest absolute Gasteiger partial charge is 0.334 e. The van der Waals surface area contributed by atoms with Gasteiger partial charge in [-0.2, -0.15) is 0 Å². The lowest BCUT2D eigenvalue weighted by Gasteiger charge is -2.16. The molecule has 1 aliphatic rings. The van der Waals surface area contributed by atoms with Gasteiger partial charge in [-0.15, -0.1) is 0 Å². The summed E-state index contributed by atoms with van der Waals surface area (Å²) in [4.78, 5) is 13.9. The molecule has 2 amide bonds. The summed E-state index contributed by atoms with van der Waals surface area (Å²) in [5, 5.41) is 5.45. The van der Waals surface area contributed by atoms with E-state index >= 15 is 0 Å². The van der Waals surface area contributed by atoms with Crippen molar-refractivity contribution < 1.29 is 4.79 Å². The molecule has 0 aliphatic carbocycles. The zero-order valence-corrected chi connectivity index (χ0v) is 10.9. The molecule has 0 unspecified atom stereocenters. The Bertz CT molecular complexity index is 583. The van der Waals surface area contributed by atoms with E-state index in [-0.39, 0.29) is 6.03 Å². The standard InChI is InChI=1S/C16H18N2O/c19-16(18-10-3-4-11-18)17-12-14-8-5-7-13-6-1-2-9-15(13)14/h1-2,5-9H,3-4,10-12H2,(H,17,19). The molecule has 1 N–H and O–H groups in total. The van der Waals surface area contributed by atoms with E-state index in [9.17, 15) is 4.79 Å². The molecule has 2 aromatic carbocycles. The van der Waals surface area contributed by atoms with Crippen LogP contribution in [-0.2, 0) is 6.54 Å². The van der Waals surface area contributed by atoms with Gasteiger partial charge >= 0.3 is 6.03 Å². The van der Waals surface area contributed by atoms with Crippen LogP contribution in [0.4, 0.5) is 4.79 Å². The summed E-state index contributed by atoms with van der Waals surface area (Å²) >= 11 is 0. The minimum absolute atomic E-state index is 0.0606. The van der Waals surface area contributed by atoms with E-state index in [0.717, 1.165) is 25.9 Å². The lowest BCUT2D eigenvalue weighted by Crippen LogP contribution is -2.37. The average molecular weight is 254 g/mol. The maximum absolute atomic E-state index is 12.0. The van der Waals surface area contributed by atoms with E-state index in [4.69, 9.17) is 0 Å². The van der Waals surface area contributed by atoms with Crippen LogP contribution in [0.5, 0.6) is 0 Å². The van der Waals surface area contributed by atoms with Crippen LogP contribution in [0.15, 0.2) is 42.5 Å². The summed E-state index contributed by atoms with van der Waals surface area (Å²) in [6.45, 7) is 2.37. The van der Waals surface area contributed by atoms with Crippen molar-refractivity contribution in [1.82, 2.24) is 10.2 Å². The first-order valence-electron chi connectivity index (χ1n) is 6.84. The van der Waals surface area contributed by atoms with Crippen molar-refractivity contribution >= 4 is 16.8 Å². The van der Waals surface area contributed by atoms with Crippen LogP contribution in [-0.4, -0.2) is 24.0 Å². The monoisotopic (exact) mass is 254 g/mol. The molecular weight excluding hydrogens is 236 g/mol. The molecular formula is C16H18N2O. The van der Waals surface area contributed by atoms with Gasteiger partial charge in [0.25, 0.3) is 0 Å². The SMILES string of the molecule is O=C(NCc1cccc2ccccc12)N1CCCC1. The Morgan fingerprint density at radius 1 is 1.05 bits per heavy atom. The van der Waals surface area contributed by atoms with Crippen LogP contribution in [0.1, 0.15) is 18.4 Å². The van der Waals surface area contributed by atoms with Crippen molar-refractivity contribution in [2.45, 2.75) is 19.4 Å². The molecule has 1 heterocycles. The molecule has 0 aromatic heterocycles. The number of carbonyl (C=O) groups excluding carboxylic acids is 1. The summed E-state index contributed by atoms with van der Waals surface area (Å²) in [7, 11) is 0. The number of hydrogen-bond donors (Lipinski definition) is 1. The van der Waals surface area contributed by atoms with Gasteiger partial charge in [0.2, 0.25) is 0 Å². The summed E-state index contributed by atoms with van der Waals surface area (Å²) in [6, 6.07) is 14.6. The first kappa shape index (κ1) is 12.0. The van der Waals surface area contributed by atoms with Crippen molar-refractivity contribution in [1.29, 1.82) is 0 Å². The van der Waals surface area contributed by atoms with E-state index < -0.39 is 0 Å². The van der Waals surface area contributed by atoms with Gasteiger partial charge in [0, 0.05) is 19.6 Å². The van der Waals surface area contributed by atoms with Crippen LogP contribution in [0.3, 0.4) is 0 Å². The summed E-state index contributed by atoms with van der Waals surface area (Å²) in [5.74, 6) is 0. The maximum atomic E-state index is 12.0. The van der Waals surface area contributed by atoms with Crippen LogP contribution in [0.2, 0.25) is 0 Å². The molecule has 3 rings (SSSR count). The molecule has 98 valence electrons. The number of benzene rings is 2. The molecule has 3 nitrogen and oxygen atoms in total. The van der Waals surface area contributed by atoms with Gasteiger partial charge in [-0.25, -0.2) is 4.79 Å². The van der Waals surface area contributed by atoms with Crippen molar-refractivity contribution in [2.24, 2.45) is 0 Å². The molecule has 0 spiro atoms. The van der Waals surface area contributed by atoms with E-state index in [2.05, 4.69) is 29.6 Å². The van der Waals surface area contributed by atoms with E-state index in [0.29, 0.717) is 6.54 Å². The number of nitrogens with one attached hydrogen (secondary N) is 1.